The summed E-state index contributed by atoms with van der Waals surface area (Å²) in [5.41, 5.74) is 2.09. The second-order valence-corrected chi connectivity index (χ2v) is 8.19. The van der Waals surface area contributed by atoms with Gasteiger partial charge in [-0.1, -0.05) is 18.9 Å². The molecule has 0 saturated heterocycles. The Hall–Kier alpha value is -0.580. The summed E-state index contributed by atoms with van der Waals surface area (Å²) >= 11 is 6.32. The molecule has 1 aromatic rings. The highest BCUT2D eigenvalue weighted by atomic mass is 35.5. The van der Waals surface area contributed by atoms with E-state index in [4.69, 9.17) is 11.6 Å². The highest BCUT2D eigenvalue weighted by Crippen LogP contribution is 2.30. The topological polar surface area (TPSA) is 37.4 Å². The van der Waals surface area contributed by atoms with Crippen molar-refractivity contribution < 1.29 is 8.42 Å². The SMILES string of the molecule is Cc1ccc(S(=O)(=O)N(C)C2CCCCC2Cl)cc1C. The Morgan fingerprint density at radius 3 is 2.40 bits per heavy atom. The maximum Gasteiger partial charge on any atom is 0.243 e. The molecular weight excluding hydrogens is 294 g/mol. The number of hydrogen-bond acceptors (Lipinski definition) is 2. The molecule has 0 aromatic heterocycles. The fourth-order valence-corrected chi connectivity index (χ4v) is 4.72. The van der Waals surface area contributed by atoms with Crippen molar-refractivity contribution in [2.45, 2.75) is 55.8 Å². The van der Waals surface area contributed by atoms with Crippen LogP contribution in [-0.4, -0.2) is 31.2 Å². The molecule has 2 atom stereocenters. The Bertz CT molecular complexity index is 586. The highest BCUT2D eigenvalue weighted by Gasteiger charge is 2.34. The molecule has 1 saturated carbocycles. The summed E-state index contributed by atoms with van der Waals surface area (Å²) in [6.45, 7) is 3.91. The van der Waals surface area contributed by atoms with E-state index in [9.17, 15) is 8.42 Å². The predicted molar refractivity (Wildman–Crippen MR) is 82.8 cm³/mol. The molecule has 2 unspecified atom stereocenters. The summed E-state index contributed by atoms with van der Waals surface area (Å²) in [5, 5.41) is -0.0879. The maximum absolute atomic E-state index is 12.7. The zero-order valence-electron chi connectivity index (χ0n) is 12.3. The Labute approximate surface area is 127 Å². The lowest BCUT2D eigenvalue weighted by molar-refractivity contribution is 0.291. The maximum atomic E-state index is 12.7. The zero-order valence-corrected chi connectivity index (χ0v) is 13.8. The van der Waals surface area contributed by atoms with Crippen molar-refractivity contribution in [1.29, 1.82) is 0 Å². The molecule has 0 N–H and O–H groups in total. The number of rotatable bonds is 3. The van der Waals surface area contributed by atoms with Crippen LogP contribution in [0.4, 0.5) is 0 Å². The van der Waals surface area contributed by atoms with Crippen LogP contribution in [0.3, 0.4) is 0 Å². The predicted octanol–water partition coefficient (Wildman–Crippen LogP) is 3.47. The number of sulfonamides is 1. The molecule has 1 aliphatic carbocycles. The minimum Gasteiger partial charge on any atom is -0.207 e. The minimum atomic E-state index is -3.46. The first-order chi connectivity index (χ1) is 9.34. The van der Waals surface area contributed by atoms with Gasteiger partial charge in [0.05, 0.1) is 10.3 Å². The van der Waals surface area contributed by atoms with Crippen LogP contribution in [0.15, 0.2) is 23.1 Å². The summed E-state index contributed by atoms with van der Waals surface area (Å²) in [6.07, 6.45) is 3.86. The number of hydrogen-bond donors (Lipinski definition) is 0. The molecule has 0 aliphatic heterocycles. The largest absolute Gasteiger partial charge is 0.243 e. The summed E-state index contributed by atoms with van der Waals surface area (Å²) in [4.78, 5) is 0.359. The fraction of sp³-hybridized carbons (Fsp3) is 0.600. The van der Waals surface area contributed by atoms with E-state index >= 15 is 0 Å². The second-order valence-electron chi connectivity index (χ2n) is 5.64. The molecular formula is C15H22ClNO2S. The van der Waals surface area contributed by atoms with Gasteiger partial charge >= 0.3 is 0 Å². The Morgan fingerprint density at radius 1 is 1.15 bits per heavy atom. The van der Waals surface area contributed by atoms with Crippen LogP contribution < -0.4 is 0 Å². The third kappa shape index (κ3) is 3.02. The van der Waals surface area contributed by atoms with Crippen molar-refractivity contribution in [3.05, 3.63) is 29.3 Å². The van der Waals surface area contributed by atoms with Crippen molar-refractivity contribution in [2.75, 3.05) is 7.05 Å². The first kappa shape index (κ1) is 15.8. The van der Waals surface area contributed by atoms with Crippen LogP contribution in [-0.2, 0) is 10.0 Å². The molecule has 1 fully saturated rings. The second kappa shape index (κ2) is 6.04. The lowest BCUT2D eigenvalue weighted by Crippen LogP contribution is -2.44. The average Bonchev–Trinajstić information content (AvgIpc) is 2.41. The fourth-order valence-electron chi connectivity index (χ4n) is 2.69. The van der Waals surface area contributed by atoms with Gasteiger partial charge in [-0.25, -0.2) is 8.42 Å². The van der Waals surface area contributed by atoms with Gasteiger partial charge in [0.2, 0.25) is 10.0 Å². The monoisotopic (exact) mass is 315 g/mol. The molecule has 0 heterocycles. The van der Waals surface area contributed by atoms with Crippen LogP contribution >= 0.6 is 11.6 Å². The smallest absolute Gasteiger partial charge is 0.207 e. The summed E-state index contributed by atoms with van der Waals surface area (Å²) in [7, 11) is -1.81. The average molecular weight is 316 g/mol. The summed E-state index contributed by atoms with van der Waals surface area (Å²) in [5.74, 6) is 0. The Balaban J connectivity index is 2.31. The van der Waals surface area contributed by atoms with Gasteiger partial charge < -0.3 is 0 Å². The third-order valence-electron chi connectivity index (χ3n) is 4.27. The van der Waals surface area contributed by atoms with Gasteiger partial charge in [-0.2, -0.15) is 4.31 Å². The van der Waals surface area contributed by atoms with Crippen LogP contribution in [0.25, 0.3) is 0 Å². The molecule has 0 bridgehead atoms. The van der Waals surface area contributed by atoms with E-state index in [1.54, 1.807) is 19.2 Å². The van der Waals surface area contributed by atoms with E-state index in [0.29, 0.717) is 4.90 Å². The molecule has 2 rings (SSSR count). The first-order valence-corrected chi connectivity index (χ1v) is 8.91. The first-order valence-electron chi connectivity index (χ1n) is 7.03. The summed E-state index contributed by atoms with van der Waals surface area (Å²) < 4.78 is 26.9. The van der Waals surface area contributed by atoms with E-state index in [2.05, 4.69) is 0 Å². The molecule has 0 amide bonds. The lowest BCUT2D eigenvalue weighted by atomic mass is 9.95. The van der Waals surface area contributed by atoms with Crippen molar-refractivity contribution in [2.24, 2.45) is 0 Å². The lowest BCUT2D eigenvalue weighted by Gasteiger charge is -2.34. The normalized spacial score (nSPS) is 24.1. The number of alkyl halides is 1. The molecule has 1 aliphatic rings. The van der Waals surface area contributed by atoms with E-state index in [0.717, 1.165) is 36.8 Å². The van der Waals surface area contributed by atoms with Crippen molar-refractivity contribution in [3.8, 4) is 0 Å². The van der Waals surface area contributed by atoms with Gasteiger partial charge in [0.25, 0.3) is 0 Å². The number of benzene rings is 1. The number of nitrogens with zero attached hydrogens (tertiary/aromatic N) is 1. The van der Waals surface area contributed by atoms with Crippen LogP contribution in [0.2, 0.25) is 0 Å². The van der Waals surface area contributed by atoms with Crippen molar-refractivity contribution in [1.82, 2.24) is 4.31 Å². The van der Waals surface area contributed by atoms with Gasteiger partial charge in [-0.3, -0.25) is 0 Å². The molecule has 1 aromatic carbocycles. The standard InChI is InChI=1S/C15H22ClNO2S/c1-11-8-9-13(10-12(11)2)20(18,19)17(3)15-7-5-4-6-14(15)16/h8-10,14-15H,4-7H2,1-3H3. The molecule has 0 spiro atoms. The van der Waals surface area contributed by atoms with Gasteiger partial charge in [0, 0.05) is 13.1 Å². The van der Waals surface area contributed by atoms with Gasteiger partial charge in [-0.15, -0.1) is 11.6 Å². The van der Waals surface area contributed by atoms with Crippen molar-refractivity contribution in [3.63, 3.8) is 0 Å². The van der Waals surface area contributed by atoms with E-state index < -0.39 is 10.0 Å². The Morgan fingerprint density at radius 2 is 1.80 bits per heavy atom. The van der Waals surface area contributed by atoms with Crippen molar-refractivity contribution >= 4 is 21.6 Å². The molecule has 112 valence electrons. The van der Waals surface area contributed by atoms with Gasteiger partial charge in [0.15, 0.2) is 0 Å². The van der Waals surface area contributed by atoms with Crippen LogP contribution in [0.5, 0.6) is 0 Å². The minimum absolute atomic E-state index is 0.0879. The summed E-state index contributed by atoms with van der Waals surface area (Å²) in [6, 6.07) is 5.18. The van der Waals surface area contributed by atoms with E-state index in [1.165, 1.54) is 4.31 Å². The highest BCUT2D eigenvalue weighted by molar-refractivity contribution is 7.89. The molecule has 20 heavy (non-hydrogen) atoms. The number of halogens is 1. The molecule has 0 radical (unpaired) electrons. The quantitative estimate of drug-likeness (QED) is 0.801. The number of aryl methyl sites for hydroxylation is 2. The van der Waals surface area contributed by atoms with E-state index in [-0.39, 0.29) is 11.4 Å². The van der Waals surface area contributed by atoms with Crippen LogP contribution in [0, 0.1) is 13.8 Å². The zero-order chi connectivity index (χ0) is 14.9. The molecule has 3 nitrogen and oxygen atoms in total. The third-order valence-corrected chi connectivity index (χ3v) is 6.66. The van der Waals surface area contributed by atoms with Gasteiger partial charge in [-0.05, 0) is 49.9 Å². The molecule has 5 heteroatoms. The van der Waals surface area contributed by atoms with Crippen LogP contribution in [0.1, 0.15) is 36.8 Å². The van der Waals surface area contributed by atoms with E-state index in [1.807, 2.05) is 19.9 Å². The van der Waals surface area contributed by atoms with Gasteiger partial charge in [0.1, 0.15) is 0 Å². The Kier molecular flexibility index (Phi) is 4.77.